The highest BCUT2D eigenvalue weighted by atomic mass is 32.2. The molecule has 13 nitrogen and oxygen atoms in total. The highest BCUT2D eigenvalue weighted by molar-refractivity contribution is 7.98. The van der Waals surface area contributed by atoms with Crippen molar-refractivity contribution in [3.05, 3.63) is 35.9 Å². The van der Waals surface area contributed by atoms with Crippen LogP contribution in [0.3, 0.4) is 0 Å². The number of amides is 4. The minimum absolute atomic E-state index is 0.00688. The quantitative estimate of drug-likeness (QED) is 0.128. The van der Waals surface area contributed by atoms with Crippen LogP contribution in [-0.4, -0.2) is 82.0 Å². The van der Waals surface area contributed by atoms with Crippen molar-refractivity contribution in [1.82, 2.24) is 16.0 Å². The smallest absolute Gasteiger partial charge is 0.326 e. The molecule has 1 aromatic carbocycles. The maximum atomic E-state index is 12.9. The van der Waals surface area contributed by atoms with Crippen LogP contribution in [0.2, 0.25) is 0 Å². The summed E-state index contributed by atoms with van der Waals surface area (Å²) in [6.07, 6.45) is 0.540. The summed E-state index contributed by atoms with van der Waals surface area (Å²) in [6, 6.07) is 3.16. The Labute approximate surface area is 211 Å². The zero-order valence-electron chi connectivity index (χ0n) is 19.6. The second-order valence-electron chi connectivity index (χ2n) is 7.87. The molecule has 14 heteroatoms. The van der Waals surface area contributed by atoms with Crippen molar-refractivity contribution < 1.29 is 39.0 Å². The first kappa shape index (κ1) is 30.4. The lowest BCUT2D eigenvalue weighted by molar-refractivity contribution is -0.142. The van der Waals surface area contributed by atoms with Crippen LogP contribution < -0.4 is 27.4 Å². The lowest BCUT2D eigenvalue weighted by atomic mass is 10.0. The number of benzene rings is 1. The first-order valence-corrected chi connectivity index (χ1v) is 12.3. The van der Waals surface area contributed by atoms with Crippen LogP contribution in [0.5, 0.6) is 0 Å². The van der Waals surface area contributed by atoms with E-state index in [1.807, 2.05) is 0 Å². The number of hydrogen-bond acceptors (Lipinski definition) is 8. The van der Waals surface area contributed by atoms with Gasteiger partial charge in [-0.25, -0.2) is 4.79 Å². The Balaban J connectivity index is 2.99. The van der Waals surface area contributed by atoms with E-state index in [0.29, 0.717) is 11.3 Å². The molecule has 4 amide bonds. The number of carboxylic acid groups (broad SMARTS) is 2. The van der Waals surface area contributed by atoms with Crippen molar-refractivity contribution in [2.45, 2.75) is 49.9 Å². The average molecular weight is 526 g/mol. The molecule has 0 radical (unpaired) electrons. The summed E-state index contributed by atoms with van der Waals surface area (Å²) in [4.78, 5) is 71.9. The van der Waals surface area contributed by atoms with Crippen LogP contribution in [-0.2, 0) is 35.2 Å². The SMILES string of the molecule is CSCC[C@H](NC(=O)[C@H](CC(N)=O)NC(=O)[C@@H](N)CC(=O)O)C(=O)N[C@@H](Cc1ccccc1)C(=O)O. The number of nitrogens with two attached hydrogens (primary N) is 2. The first-order chi connectivity index (χ1) is 16.9. The van der Waals surface area contributed by atoms with Crippen LogP contribution in [0.1, 0.15) is 24.8 Å². The van der Waals surface area contributed by atoms with E-state index in [1.165, 1.54) is 11.8 Å². The molecule has 1 rings (SSSR count). The van der Waals surface area contributed by atoms with Gasteiger partial charge in [-0.3, -0.25) is 24.0 Å². The van der Waals surface area contributed by atoms with Gasteiger partial charge in [0.25, 0.3) is 0 Å². The van der Waals surface area contributed by atoms with Crippen molar-refractivity contribution in [3.63, 3.8) is 0 Å². The van der Waals surface area contributed by atoms with Crippen molar-refractivity contribution in [2.24, 2.45) is 11.5 Å². The molecular formula is C22H31N5O8S. The Bertz CT molecular complexity index is 946. The van der Waals surface area contributed by atoms with Crippen molar-refractivity contribution in [3.8, 4) is 0 Å². The lowest BCUT2D eigenvalue weighted by Crippen LogP contribution is -2.58. The summed E-state index contributed by atoms with van der Waals surface area (Å²) in [5.74, 6) is -5.85. The molecule has 0 spiro atoms. The van der Waals surface area contributed by atoms with Crippen LogP contribution in [0.15, 0.2) is 30.3 Å². The molecule has 0 aromatic heterocycles. The number of carboxylic acids is 2. The number of hydrogen-bond donors (Lipinski definition) is 7. The van der Waals surface area contributed by atoms with E-state index >= 15 is 0 Å². The molecule has 0 bridgehead atoms. The number of carbonyl (C=O) groups excluding carboxylic acids is 4. The fourth-order valence-electron chi connectivity index (χ4n) is 3.07. The summed E-state index contributed by atoms with van der Waals surface area (Å²) >= 11 is 1.38. The monoisotopic (exact) mass is 525 g/mol. The van der Waals surface area contributed by atoms with E-state index in [1.54, 1.807) is 36.6 Å². The van der Waals surface area contributed by atoms with Crippen LogP contribution >= 0.6 is 11.8 Å². The second-order valence-corrected chi connectivity index (χ2v) is 8.85. The summed E-state index contributed by atoms with van der Waals surface area (Å²) in [7, 11) is 0. The molecule has 0 aliphatic heterocycles. The third-order valence-corrected chi connectivity index (χ3v) is 5.55. The minimum atomic E-state index is -1.53. The Kier molecular flexibility index (Phi) is 13.0. The topological polar surface area (TPSA) is 231 Å². The zero-order valence-corrected chi connectivity index (χ0v) is 20.5. The fourth-order valence-corrected chi connectivity index (χ4v) is 3.54. The molecule has 0 fully saturated rings. The summed E-state index contributed by atoms with van der Waals surface area (Å²) < 4.78 is 0. The highest BCUT2D eigenvalue weighted by Gasteiger charge is 2.31. The van der Waals surface area contributed by atoms with Gasteiger partial charge in [-0.1, -0.05) is 30.3 Å². The second kappa shape index (κ2) is 15.4. The van der Waals surface area contributed by atoms with Gasteiger partial charge in [0.1, 0.15) is 18.1 Å². The predicted octanol–water partition coefficient (Wildman–Crippen LogP) is -1.80. The number of rotatable bonds is 16. The van der Waals surface area contributed by atoms with Gasteiger partial charge < -0.3 is 37.6 Å². The van der Waals surface area contributed by atoms with Gasteiger partial charge in [0.15, 0.2) is 0 Å². The Morgan fingerprint density at radius 1 is 0.861 bits per heavy atom. The van der Waals surface area contributed by atoms with Gasteiger partial charge in [-0.2, -0.15) is 11.8 Å². The van der Waals surface area contributed by atoms with Crippen molar-refractivity contribution in [1.29, 1.82) is 0 Å². The molecule has 0 unspecified atom stereocenters. The van der Waals surface area contributed by atoms with Crippen molar-refractivity contribution >= 4 is 47.3 Å². The molecule has 0 saturated carbocycles. The Morgan fingerprint density at radius 2 is 1.42 bits per heavy atom. The van der Waals surface area contributed by atoms with Crippen LogP contribution in [0.25, 0.3) is 0 Å². The van der Waals surface area contributed by atoms with E-state index in [2.05, 4.69) is 16.0 Å². The predicted molar refractivity (Wildman–Crippen MR) is 131 cm³/mol. The third-order valence-electron chi connectivity index (χ3n) is 4.91. The molecule has 0 aliphatic rings. The van der Waals surface area contributed by atoms with E-state index in [9.17, 15) is 33.9 Å². The molecule has 0 aliphatic carbocycles. The van der Waals surface area contributed by atoms with Gasteiger partial charge in [-0.05, 0) is 24.0 Å². The van der Waals surface area contributed by atoms with Gasteiger partial charge in [-0.15, -0.1) is 0 Å². The van der Waals surface area contributed by atoms with Gasteiger partial charge in [0.2, 0.25) is 23.6 Å². The molecule has 4 atom stereocenters. The number of primary amides is 1. The molecule has 0 heterocycles. The number of aliphatic carboxylic acids is 2. The number of nitrogens with one attached hydrogen (secondary N) is 3. The summed E-state index contributed by atoms with van der Waals surface area (Å²) in [5.41, 5.74) is 11.3. The summed E-state index contributed by atoms with van der Waals surface area (Å²) in [6.45, 7) is 0. The van der Waals surface area contributed by atoms with Crippen LogP contribution in [0, 0.1) is 0 Å². The normalized spacial score (nSPS) is 13.9. The van der Waals surface area contributed by atoms with E-state index in [0.717, 1.165) is 0 Å². The molecule has 9 N–H and O–H groups in total. The van der Waals surface area contributed by atoms with Crippen molar-refractivity contribution in [2.75, 3.05) is 12.0 Å². The molecular weight excluding hydrogens is 494 g/mol. The minimum Gasteiger partial charge on any atom is -0.481 e. The summed E-state index contributed by atoms with van der Waals surface area (Å²) in [5, 5.41) is 25.4. The molecule has 198 valence electrons. The maximum Gasteiger partial charge on any atom is 0.326 e. The lowest BCUT2D eigenvalue weighted by Gasteiger charge is -2.24. The van der Waals surface area contributed by atoms with E-state index in [-0.39, 0.29) is 12.8 Å². The molecule has 0 saturated heterocycles. The van der Waals surface area contributed by atoms with Gasteiger partial charge in [0.05, 0.1) is 18.9 Å². The first-order valence-electron chi connectivity index (χ1n) is 10.9. The molecule has 1 aromatic rings. The maximum absolute atomic E-state index is 12.9. The number of thioether (sulfide) groups is 1. The Hall–Kier alpha value is -3.65. The van der Waals surface area contributed by atoms with E-state index in [4.69, 9.17) is 16.6 Å². The number of carbonyl (C=O) groups is 6. The largest absolute Gasteiger partial charge is 0.481 e. The molecule has 36 heavy (non-hydrogen) atoms. The third kappa shape index (κ3) is 11.2. The standard InChI is InChI=1S/C22H31N5O8S/c1-36-8-7-14(20(32)27-16(22(34)35)9-12-5-3-2-4-6-12)25-21(33)15(11-17(24)28)26-19(31)13(23)10-18(29)30/h2-6,13-16H,7-11,23H2,1H3,(H2,24,28)(H,25,33)(H,26,31)(H,27,32)(H,29,30)(H,34,35)/t13-,14-,15-,16-/m0/s1. The van der Waals surface area contributed by atoms with Crippen LogP contribution in [0.4, 0.5) is 0 Å². The van der Waals surface area contributed by atoms with E-state index < -0.39 is 72.6 Å². The zero-order chi connectivity index (χ0) is 27.3. The Morgan fingerprint density at radius 3 is 1.94 bits per heavy atom. The van der Waals surface area contributed by atoms with Gasteiger partial charge in [0, 0.05) is 6.42 Å². The van der Waals surface area contributed by atoms with Gasteiger partial charge >= 0.3 is 11.9 Å². The fraction of sp³-hybridized carbons (Fsp3) is 0.455. The average Bonchev–Trinajstić information content (AvgIpc) is 2.80. The highest BCUT2D eigenvalue weighted by Crippen LogP contribution is 2.07.